The molecule has 23 heavy (non-hydrogen) atoms. The molecule has 2 heterocycles. The first-order valence-corrected chi connectivity index (χ1v) is 6.40. The minimum absolute atomic E-state index is 0.0581. The van der Waals surface area contributed by atoms with E-state index in [-0.39, 0.29) is 18.2 Å². The molecule has 0 aliphatic carbocycles. The zero-order valence-electron chi connectivity index (χ0n) is 11.5. The van der Waals surface area contributed by atoms with Crippen molar-refractivity contribution >= 4 is 11.6 Å². The van der Waals surface area contributed by atoms with E-state index in [1.165, 1.54) is 29.1 Å². The van der Waals surface area contributed by atoms with E-state index in [2.05, 4.69) is 10.1 Å². The van der Waals surface area contributed by atoms with Gasteiger partial charge >= 0.3 is 5.95 Å². The summed E-state index contributed by atoms with van der Waals surface area (Å²) in [6.45, 7) is 0.0816. The summed E-state index contributed by atoms with van der Waals surface area (Å²) in [6.07, 6.45) is 2.77. The van der Waals surface area contributed by atoms with Crippen LogP contribution in [-0.4, -0.2) is 24.6 Å². The molecule has 0 aliphatic heterocycles. The molecular formula is C13H9N5O5. The maximum atomic E-state index is 10.8. The SMILES string of the molecule is O=[N+]([O-])c1cccc(-c2cc(Cn3ccnc3[N+](=O)[O-])on2)c1. The number of hydrogen-bond acceptors (Lipinski definition) is 7. The van der Waals surface area contributed by atoms with Crippen molar-refractivity contribution in [3.05, 3.63) is 68.7 Å². The van der Waals surface area contributed by atoms with Gasteiger partial charge in [-0.25, -0.2) is 4.57 Å². The highest BCUT2D eigenvalue weighted by atomic mass is 16.6. The van der Waals surface area contributed by atoms with Crippen molar-refractivity contribution in [2.75, 3.05) is 0 Å². The number of nitro groups is 2. The van der Waals surface area contributed by atoms with Crippen LogP contribution in [0.1, 0.15) is 5.76 Å². The molecule has 0 N–H and O–H groups in total. The third kappa shape index (κ3) is 2.90. The highest BCUT2D eigenvalue weighted by Gasteiger charge is 2.17. The van der Waals surface area contributed by atoms with Crippen molar-refractivity contribution in [1.82, 2.24) is 14.7 Å². The van der Waals surface area contributed by atoms with Crippen molar-refractivity contribution in [3.63, 3.8) is 0 Å². The molecule has 10 nitrogen and oxygen atoms in total. The van der Waals surface area contributed by atoms with Crippen LogP contribution in [0.4, 0.5) is 11.6 Å². The molecule has 0 aliphatic rings. The van der Waals surface area contributed by atoms with Crippen molar-refractivity contribution in [3.8, 4) is 11.3 Å². The van der Waals surface area contributed by atoms with Gasteiger partial charge in [0, 0.05) is 23.8 Å². The van der Waals surface area contributed by atoms with E-state index < -0.39 is 9.85 Å². The fraction of sp³-hybridized carbons (Fsp3) is 0.0769. The third-order valence-electron chi connectivity index (χ3n) is 3.09. The van der Waals surface area contributed by atoms with Gasteiger partial charge in [0.25, 0.3) is 5.69 Å². The van der Waals surface area contributed by atoms with Crippen LogP contribution >= 0.6 is 0 Å². The first-order chi connectivity index (χ1) is 11.0. The summed E-state index contributed by atoms with van der Waals surface area (Å²) in [6, 6.07) is 7.53. The molecule has 3 rings (SSSR count). The van der Waals surface area contributed by atoms with Gasteiger partial charge in [0.15, 0.2) is 5.76 Å². The normalized spacial score (nSPS) is 10.6. The number of nitrogens with zero attached hydrogens (tertiary/aromatic N) is 5. The van der Waals surface area contributed by atoms with Crippen LogP contribution in [0.5, 0.6) is 0 Å². The van der Waals surface area contributed by atoms with Crippen LogP contribution in [0.15, 0.2) is 47.2 Å². The van der Waals surface area contributed by atoms with Crippen molar-refractivity contribution in [1.29, 1.82) is 0 Å². The largest absolute Gasteiger partial charge is 0.434 e. The predicted octanol–water partition coefficient (Wildman–Crippen LogP) is 2.40. The summed E-state index contributed by atoms with van der Waals surface area (Å²) in [5.41, 5.74) is 0.873. The Kier molecular flexibility index (Phi) is 3.55. The standard InChI is InChI=1S/C13H9N5O5/c19-17(20)10-3-1-2-9(6-10)12-7-11(23-15-12)8-16-5-4-14-13(16)18(21)22/h1-7H,8H2. The third-order valence-corrected chi connectivity index (χ3v) is 3.09. The lowest BCUT2D eigenvalue weighted by molar-refractivity contribution is -0.396. The quantitative estimate of drug-likeness (QED) is 0.521. The van der Waals surface area contributed by atoms with Crippen molar-refractivity contribution < 1.29 is 14.4 Å². The number of benzene rings is 1. The van der Waals surface area contributed by atoms with Crippen LogP contribution in [0.3, 0.4) is 0 Å². The number of aromatic nitrogens is 3. The zero-order chi connectivity index (χ0) is 16.4. The summed E-state index contributed by atoms with van der Waals surface area (Å²) in [5.74, 6) is 0.0610. The van der Waals surface area contributed by atoms with E-state index in [4.69, 9.17) is 4.52 Å². The fourth-order valence-corrected chi connectivity index (χ4v) is 2.07. The van der Waals surface area contributed by atoms with Crippen LogP contribution < -0.4 is 0 Å². The number of imidazole rings is 1. The van der Waals surface area contributed by atoms with Crippen LogP contribution in [0.25, 0.3) is 11.3 Å². The van der Waals surface area contributed by atoms with E-state index in [9.17, 15) is 20.2 Å². The summed E-state index contributed by atoms with van der Waals surface area (Å²) in [5, 5.41) is 25.4. The minimum Gasteiger partial charge on any atom is -0.390 e. The van der Waals surface area contributed by atoms with E-state index in [0.717, 1.165) is 0 Å². The van der Waals surface area contributed by atoms with Gasteiger partial charge in [-0.3, -0.25) is 10.1 Å². The first kappa shape index (κ1) is 14.4. The van der Waals surface area contributed by atoms with Crippen LogP contribution in [0.2, 0.25) is 0 Å². The van der Waals surface area contributed by atoms with Crippen molar-refractivity contribution in [2.24, 2.45) is 0 Å². The van der Waals surface area contributed by atoms with Gasteiger partial charge in [-0.2, -0.15) is 0 Å². The summed E-state index contributed by atoms with van der Waals surface area (Å²) in [4.78, 5) is 24.1. The van der Waals surface area contributed by atoms with Gasteiger partial charge in [-0.1, -0.05) is 22.3 Å². The molecule has 116 valence electrons. The van der Waals surface area contributed by atoms with Gasteiger partial charge in [0.2, 0.25) is 0 Å². The van der Waals surface area contributed by atoms with E-state index in [0.29, 0.717) is 17.0 Å². The lowest BCUT2D eigenvalue weighted by Crippen LogP contribution is -2.03. The Balaban J connectivity index is 1.86. The fourth-order valence-electron chi connectivity index (χ4n) is 2.07. The molecule has 3 aromatic rings. The molecule has 0 amide bonds. The summed E-state index contributed by atoms with van der Waals surface area (Å²) < 4.78 is 6.44. The molecule has 10 heteroatoms. The monoisotopic (exact) mass is 315 g/mol. The molecule has 0 atom stereocenters. The molecule has 0 bridgehead atoms. The van der Waals surface area contributed by atoms with Crippen LogP contribution in [-0.2, 0) is 6.54 Å². The van der Waals surface area contributed by atoms with Gasteiger partial charge in [-0.15, -0.1) is 0 Å². The van der Waals surface area contributed by atoms with Crippen LogP contribution in [0, 0.1) is 20.2 Å². The van der Waals surface area contributed by atoms with Crippen molar-refractivity contribution in [2.45, 2.75) is 6.54 Å². The molecule has 0 spiro atoms. The number of nitro benzene ring substituents is 1. The number of non-ortho nitro benzene ring substituents is 1. The Labute approximate surface area is 128 Å². The second-order valence-electron chi connectivity index (χ2n) is 4.60. The smallest absolute Gasteiger partial charge is 0.390 e. The summed E-state index contributed by atoms with van der Waals surface area (Å²) in [7, 11) is 0. The second kappa shape index (κ2) is 5.67. The second-order valence-corrected chi connectivity index (χ2v) is 4.60. The first-order valence-electron chi connectivity index (χ1n) is 6.40. The van der Waals surface area contributed by atoms with Gasteiger partial charge in [0.05, 0.1) is 4.92 Å². The zero-order valence-corrected chi connectivity index (χ0v) is 11.5. The maximum Gasteiger partial charge on any atom is 0.434 e. The molecule has 0 radical (unpaired) electrons. The Bertz CT molecular complexity index is 884. The highest BCUT2D eigenvalue weighted by Crippen LogP contribution is 2.24. The van der Waals surface area contributed by atoms with Gasteiger partial charge < -0.3 is 14.6 Å². The molecule has 2 aromatic heterocycles. The van der Waals surface area contributed by atoms with Gasteiger partial charge in [0.1, 0.15) is 24.6 Å². The molecule has 0 saturated carbocycles. The lowest BCUT2D eigenvalue weighted by Gasteiger charge is -1.97. The molecule has 0 saturated heterocycles. The molecule has 1 aromatic carbocycles. The average molecular weight is 315 g/mol. The topological polar surface area (TPSA) is 130 Å². The minimum atomic E-state index is -0.599. The Hall–Kier alpha value is -3.56. The Morgan fingerprint density at radius 2 is 2.00 bits per heavy atom. The molecule has 0 fully saturated rings. The lowest BCUT2D eigenvalue weighted by atomic mass is 10.1. The Morgan fingerprint density at radius 1 is 1.17 bits per heavy atom. The van der Waals surface area contributed by atoms with E-state index in [1.54, 1.807) is 18.2 Å². The Morgan fingerprint density at radius 3 is 2.74 bits per heavy atom. The number of rotatable bonds is 5. The number of hydrogen-bond donors (Lipinski definition) is 0. The van der Waals surface area contributed by atoms with E-state index >= 15 is 0 Å². The molecule has 0 unspecified atom stereocenters. The van der Waals surface area contributed by atoms with Gasteiger partial charge in [-0.05, 0) is 4.92 Å². The van der Waals surface area contributed by atoms with E-state index in [1.807, 2.05) is 0 Å². The predicted molar refractivity (Wildman–Crippen MR) is 76.6 cm³/mol. The summed E-state index contributed by atoms with van der Waals surface area (Å²) >= 11 is 0. The maximum absolute atomic E-state index is 10.8. The highest BCUT2D eigenvalue weighted by molar-refractivity contribution is 5.62. The molecular weight excluding hydrogens is 306 g/mol. The average Bonchev–Trinajstić information content (AvgIpc) is 3.17.